The van der Waals surface area contributed by atoms with Crippen LogP contribution in [-0.4, -0.2) is 50.1 Å². The molecule has 1 aliphatic rings. The van der Waals surface area contributed by atoms with E-state index in [-0.39, 0.29) is 5.91 Å². The third kappa shape index (κ3) is 5.71. The normalized spacial score (nSPS) is 17.6. The van der Waals surface area contributed by atoms with Gasteiger partial charge in [-0.1, -0.05) is 12.8 Å². The van der Waals surface area contributed by atoms with Crippen molar-refractivity contribution in [3.8, 4) is 12.3 Å². The predicted molar refractivity (Wildman–Crippen MR) is 69.6 cm³/mol. The first kappa shape index (κ1) is 14.0. The van der Waals surface area contributed by atoms with Crippen molar-refractivity contribution < 1.29 is 4.79 Å². The van der Waals surface area contributed by atoms with E-state index in [0.717, 1.165) is 32.1 Å². The van der Waals surface area contributed by atoms with Crippen molar-refractivity contribution in [1.82, 2.24) is 15.5 Å². The molecule has 1 rings (SSSR count). The number of hydrogen-bond donors (Lipinski definition) is 2. The quantitative estimate of drug-likeness (QED) is 0.642. The monoisotopic (exact) mass is 237 g/mol. The Kier molecular flexibility index (Phi) is 6.68. The molecule has 2 N–H and O–H groups in total. The van der Waals surface area contributed by atoms with Gasteiger partial charge in [0.1, 0.15) is 0 Å². The third-order valence-electron chi connectivity index (χ3n) is 3.14. The van der Waals surface area contributed by atoms with Gasteiger partial charge in [-0.3, -0.25) is 9.69 Å². The molecule has 0 atom stereocenters. The summed E-state index contributed by atoms with van der Waals surface area (Å²) in [5.74, 6) is 3.21. The van der Waals surface area contributed by atoms with Gasteiger partial charge in [0.2, 0.25) is 5.91 Å². The summed E-state index contributed by atoms with van der Waals surface area (Å²) in [6, 6.07) is 0. The number of nitrogens with zero attached hydrogens (tertiary/aromatic N) is 1. The lowest BCUT2D eigenvalue weighted by Gasteiger charge is -2.31. The molecule has 0 aromatic rings. The lowest BCUT2D eigenvalue weighted by atomic mass is 9.97. The molecule has 0 aromatic heterocycles. The van der Waals surface area contributed by atoms with E-state index in [4.69, 9.17) is 6.42 Å². The number of terminal acetylenes is 1. The van der Waals surface area contributed by atoms with Crippen molar-refractivity contribution in [1.29, 1.82) is 0 Å². The molecule has 0 bridgehead atoms. The molecule has 4 heteroatoms. The summed E-state index contributed by atoms with van der Waals surface area (Å²) in [4.78, 5) is 13.7. The summed E-state index contributed by atoms with van der Waals surface area (Å²) in [5, 5.41) is 6.08. The Bertz CT molecular complexity index is 264. The Hall–Kier alpha value is -1.05. The summed E-state index contributed by atoms with van der Waals surface area (Å²) in [6.45, 7) is 7.11. The van der Waals surface area contributed by atoms with Crippen LogP contribution in [0.25, 0.3) is 0 Å². The molecule has 1 heterocycles. The number of piperidine rings is 1. The zero-order valence-electron chi connectivity index (χ0n) is 10.7. The Morgan fingerprint density at radius 1 is 1.47 bits per heavy atom. The predicted octanol–water partition coefficient (Wildman–Crippen LogP) is 0.0573. The molecule has 1 aliphatic heterocycles. The number of hydrogen-bond acceptors (Lipinski definition) is 3. The van der Waals surface area contributed by atoms with Crippen LogP contribution in [-0.2, 0) is 4.79 Å². The van der Waals surface area contributed by atoms with Crippen LogP contribution in [0.2, 0.25) is 0 Å². The molecule has 0 aliphatic carbocycles. The molecule has 0 saturated carbocycles. The van der Waals surface area contributed by atoms with Crippen molar-refractivity contribution in [3.63, 3.8) is 0 Å². The zero-order chi connectivity index (χ0) is 12.5. The van der Waals surface area contributed by atoms with Crippen molar-refractivity contribution in [2.45, 2.75) is 19.8 Å². The van der Waals surface area contributed by atoms with Crippen LogP contribution in [0.3, 0.4) is 0 Å². The fraction of sp³-hybridized carbons (Fsp3) is 0.769. The lowest BCUT2D eigenvalue weighted by molar-refractivity contribution is -0.122. The summed E-state index contributed by atoms with van der Waals surface area (Å²) in [7, 11) is 0. The average Bonchev–Trinajstić information content (AvgIpc) is 2.35. The lowest BCUT2D eigenvalue weighted by Crippen LogP contribution is -2.43. The van der Waals surface area contributed by atoms with E-state index in [1.54, 1.807) is 0 Å². The molecule has 4 nitrogen and oxygen atoms in total. The first-order chi connectivity index (χ1) is 8.26. The van der Waals surface area contributed by atoms with Gasteiger partial charge < -0.3 is 10.6 Å². The summed E-state index contributed by atoms with van der Waals surface area (Å²) >= 11 is 0. The second kappa shape index (κ2) is 8.10. The minimum Gasteiger partial charge on any atom is -0.344 e. The molecule has 1 amide bonds. The van der Waals surface area contributed by atoms with Gasteiger partial charge in [-0.25, -0.2) is 0 Å². The van der Waals surface area contributed by atoms with Crippen LogP contribution >= 0.6 is 0 Å². The van der Waals surface area contributed by atoms with Crippen LogP contribution in [0.15, 0.2) is 0 Å². The Morgan fingerprint density at radius 2 is 2.18 bits per heavy atom. The molecular weight excluding hydrogens is 214 g/mol. The van der Waals surface area contributed by atoms with E-state index in [0.29, 0.717) is 13.1 Å². The van der Waals surface area contributed by atoms with Gasteiger partial charge in [0.05, 0.1) is 13.1 Å². The van der Waals surface area contributed by atoms with Crippen LogP contribution in [0, 0.1) is 18.3 Å². The van der Waals surface area contributed by atoms with Gasteiger partial charge in [0, 0.05) is 0 Å². The van der Waals surface area contributed by atoms with Gasteiger partial charge in [0.25, 0.3) is 0 Å². The Balaban J connectivity index is 2.14. The van der Waals surface area contributed by atoms with Gasteiger partial charge in [-0.2, -0.15) is 0 Å². The number of carbonyl (C=O) groups excluding carboxylic acids is 1. The minimum atomic E-state index is 0.0353. The summed E-state index contributed by atoms with van der Waals surface area (Å²) < 4.78 is 0. The van der Waals surface area contributed by atoms with E-state index in [1.807, 2.05) is 0 Å². The van der Waals surface area contributed by atoms with Crippen molar-refractivity contribution in [3.05, 3.63) is 0 Å². The molecule has 17 heavy (non-hydrogen) atoms. The number of nitrogens with one attached hydrogen (secondary N) is 2. The zero-order valence-corrected chi connectivity index (χ0v) is 10.7. The van der Waals surface area contributed by atoms with E-state index >= 15 is 0 Å². The number of likely N-dealkylation sites (tertiary alicyclic amines) is 1. The topological polar surface area (TPSA) is 44.4 Å². The van der Waals surface area contributed by atoms with Crippen LogP contribution < -0.4 is 10.6 Å². The Morgan fingerprint density at radius 3 is 2.76 bits per heavy atom. The molecule has 0 spiro atoms. The van der Waals surface area contributed by atoms with Crippen molar-refractivity contribution in [2.24, 2.45) is 5.92 Å². The maximum absolute atomic E-state index is 11.5. The van der Waals surface area contributed by atoms with Gasteiger partial charge in [0.15, 0.2) is 0 Å². The molecule has 1 saturated heterocycles. The highest BCUT2D eigenvalue weighted by Gasteiger charge is 2.20. The third-order valence-corrected chi connectivity index (χ3v) is 3.14. The second-order valence-corrected chi connectivity index (χ2v) is 4.51. The van der Waals surface area contributed by atoms with E-state index in [2.05, 4.69) is 28.4 Å². The smallest absolute Gasteiger partial charge is 0.234 e. The van der Waals surface area contributed by atoms with Crippen molar-refractivity contribution >= 4 is 5.91 Å². The van der Waals surface area contributed by atoms with Gasteiger partial charge >= 0.3 is 0 Å². The van der Waals surface area contributed by atoms with Crippen LogP contribution in [0.4, 0.5) is 0 Å². The number of carbonyl (C=O) groups is 1. The first-order valence-corrected chi connectivity index (χ1v) is 6.39. The molecular formula is C13H23N3O. The molecule has 96 valence electrons. The highest BCUT2D eigenvalue weighted by Crippen LogP contribution is 2.15. The average molecular weight is 237 g/mol. The highest BCUT2D eigenvalue weighted by molar-refractivity contribution is 5.78. The van der Waals surface area contributed by atoms with Gasteiger partial charge in [-0.15, -0.1) is 6.42 Å². The minimum absolute atomic E-state index is 0.0353. The SMILES string of the molecule is C#CCNC(=O)CN1CCC(CNCC)CC1. The van der Waals surface area contributed by atoms with Crippen LogP contribution in [0.5, 0.6) is 0 Å². The van der Waals surface area contributed by atoms with Gasteiger partial charge in [-0.05, 0) is 44.9 Å². The van der Waals surface area contributed by atoms with E-state index < -0.39 is 0 Å². The first-order valence-electron chi connectivity index (χ1n) is 6.39. The van der Waals surface area contributed by atoms with Crippen molar-refractivity contribution in [2.75, 3.05) is 39.3 Å². The summed E-state index contributed by atoms with van der Waals surface area (Å²) in [5.41, 5.74) is 0. The van der Waals surface area contributed by atoms with E-state index in [1.165, 1.54) is 12.8 Å². The fourth-order valence-corrected chi connectivity index (χ4v) is 2.11. The second-order valence-electron chi connectivity index (χ2n) is 4.51. The highest BCUT2D eigenvalue weighted by atomic mass is 16.2. The largest absolute Gasteiger partial charge is 0.344 e. The fourth-order valence-electron chi connectivity index (χ4n) is 2.11. The standard InChI is InChI=1S/C13H23N3O/c1-3-7-15-13(17)11-16-8-5-12(6-9-16)10-14-4-2/h1,12,14H,4-11H2,2H3,(H,15,17). The summed E-state index contributed by atoms with van der Waals surface area (Å²) in [6.07, 6.45) is 7.44. The molecule has 0 radical (unpaired) electrons. The number of rotatable bonds is 6. The molecule has 0 unspecified atom stereocenters. The van der Waals surface area contributed by atoms with Crippen LogP contribution in [0.1, 0.15) is 19.8 Å². The molecule has 0 aromatic carbocycles. The molecule has 1 fully saturated rings. The maximum Gasteiger partial charge on any atom is 0.234 e. The maximum atomic E-state index is 11.5. The van der Waals surface area contributed by atoms with E-state index in [9.17, 15) is 4.79 Å². The Labute approximate surface area is 104 Å². The number of amides is 1.